The summed E-state index contributed by atoms with van der Waals surface area (Å²) in [5, 5.41) is 22.1. The summed E-state index contributed by atoms with van der Waals surface area (Å²) in [7, 11) is 0. The lowest BCUT2D eigenvalue weighted by Gasteiger charge is -2.33. The van der Waals surface area contributed by atoms with Crippen LogP contribution in [0.25, 0.3) is 0 Å². The number of nitrogens with two attached hydrogens (primary N) is 1. The molecule has 18 heavy (non-hydrogen) atoms. The highest BCUT2D eigenvalue weighted by molar-refractivity contribution is 6.31. The molecule has 0 aliphatic carbocycles. The van der Waals surface area contributed by atoms with E-state index >= 15 is 0 Å². The Hall–Kier alpha value is -1.46. The number of β-amino-alcohol motifs (C(OH)–C–C–N with tert-alkyl or cyclic N) is 1. The van der Waals surface area contributed by atoms with E-state index in [2.05, 4.69) is 5.16 Å². The van der Waals surface area contributed by atoms with E-state index in [1.807, 2.05) is 4.90 Å². The van der Waals surface area contributed by atoms with Crippen LogP contribution in [0.15, 0.2) is 23.4 Å². The molecule has 1 aliphatic rings. The Morgan fingerprint density at radius 2 is 2.28 bits per heavy atom. The fourth-order valence-electron chi connectivity index (χ4n) is 2.21. The maximum absolute atomic E-state index is 9.71. The van der Waals surface area contributed by atoms with Crippen LogP contribution in [0.3, 0.4) is 0 Å². The molecule has 4 N–H and O–H groups in total. The molecule has 0 bridgehead atoms. The van der Waals surface area contributed by atoms with Crippen molar-refractivity contribution in [3.05, 3.63) is 28.8 Å². The third-order valence-corrected chi connectivity index (χ3v) is 3.32. The van der Waals surface area contributed by atoms with Gasteiger partial charge in [-0.3, -0.25) is 0 Å². The second-order valence-electron chi connectivity index (χ2n) is 4.39. The molecule has 1 aromatic rings. The van der Waals surface area contributed by atoms with E-state index in [-0.39, 0.29) is 11.9 Å². The van der Waals surface area contributed by atoms with Crippen LogP contribution in [0.5, 0.6) is 0 Å². The topological polar surface area (TPSA) is 82.1 Å². The van der Waals surface area contributed by atoms with Crippen molar-refractivity contribution < 1.29 is 10.3 Å². The van der Waals surface area contributed by atoms with Crippen LogP contribution in [0.1, 0.15) is 18.4 Å². The van der Waals surface area contributed by atoms with Crippen LogP contribution in [0, 0.1) is 0 Å². The highest BCUT2D eigenvalue weighted by Gasteiger charge is 2.21. The molecule has 0 aromatic heterocycles. The minimum absolute atomic E-state index is 0.0433. The Morgan fingerprint density at radius 3 is 2.94 bits per heavy atom. The second-order valence-corrected chi connectivity index (χ2v) is 4.83. The minimum atomic E-state index is -0.349. The lowest BCUT2D eigenvalue weighted by Crippen LogP contribution is -2.39. The lowest BCUT2D eigenvalue weighted by molar-refractivity contribution is 0.154. The molecule has 98 valence electrons. The normalized spacial score (nSPS) is 21.1. The SMILES string of the molecule is NC(=NO)c1ccc(Cl)cc1N1CCCC(O)C1. The number of piperidine rings is 1. The highest BCUT2D eigenvalue weighted by atomic mass is 35.5. The van der Waals surface area contributed by atoms with Crippen molar-refractivity contribution in [1.29, 1.82) is 0 Å². The van der Waals surface area contributed by atoms with E-state index in [0.29, 0.717) is 17.1 Å². The van der Waals surface area contributed by atoms with Crippen molar-refractivity contribution in [2.75, 3.05) is 18.0 Å². The van der Waals surface area contributed by atoms with Gasteiger partial charge in [0, 0.05) is 29.4 Å². The van der Waals surface area contributed by atoms with Crippen LogP contribution < -0.4 is 10.6 Å². The summed E-state index contributed by atoms with van der Waals surface area (Å²) < 4.78 is 0. The van der Waals surface area contributed by atoms with Crippen LogP contribution in [0.4, 0.5) is 5.69 Å². The summed E-state index contributed by atoms with van der Waals surface area (Å²) in [6.07, 6.45) is 1.36. The zero-order valence-corrected chi connectivity index (χ0v) is 10.6. The van der Waals surface area contributed by atoms with Gasteiger partial charge in [-0.05, 0) is 31.0 Å². The third-order valence-electron chi connectivity index (χ3n) is 3.08. The molecule has 1 heterocycles. The maximum atomic E-state index is 9.71. The van der Waals surface area contributed by atoms with Crippen molar-refractivity contribution in [3.8, 4) is 0 Å². The highest BCUT2D eigenvalue weighted by Crippen LogP contribution is 2.27. The molecular formula is C12H16ClN3O2. The molecule has 0 radical (unpaired) electrons. The Morgan fingerprint density at radius 1 is 1.50 bits per heavy atom. The zero-order chi connectivity index (χ0) is 13.1. The summed E-state index contributed by atoms with van der Waals surface area (Å²) in [6.45, 7) is 1.36. The molecule has 2 rings (SSSR count). The summed E-state index contributed by atoms with van der Waals surface area (Å²) in [5.41, 5.74) is 7.06. The van der Waals surface area contributed by atoms with Crippen molar-refractivity contribution in [1.82, 2.24) is 0 Å². The number of aliphatic hydroxyl groups is 1. The first-order valence-electron chi connectivity index (χ1n) is 5.82. The lowest BCUT2D eigenvalue weighted by atomic mass is 10.0. The summed E-state index contributed by atoms with van der Waals surface area (Å²) in [6, 6.07) is 5.18. The van der Waals surface area contributed by atoms with Gasteiger partial charge in [-0.1, -0.05) is 16.8 Å². The molecule has 1 aromatic carbocycles. The smallest absolute Gasteiger partial charge is 0.172 e. The molecule has 0 amide bonds. The van der Waals surface area contributed by atoms with Crippen LogP contribution in [0.2, 0.25) is 5.02 Å². The predicted molar refractivity (Wildman–Crippen MR) is 71.4 cm³/mol. The van der Waals surface area contributed by atoms with Crippen molar-refractivity contribution in [2.24, 2.45) is 10.9 Å². The standard InChI is InChI=1S/C12H16ClN3O2/c13-8-3-4-10(12(14)15-18)11(6-8)16-5-1-2-9(17)7-16/h3-4,6,9,17-18H,1-2,5,7H2,(H2,14,15). The molecule has 0 spiro atoms. The number of hydrogen-bond donors (Lipinski definition) is 3. The summed E-state index contributed by atoms with van der Waals surface area (Å²) >= 11 is 5.99. The van der Waals surface area contributed by atoms with E-state index in [4.69, 9.17) is 22.5 Å². The van der Waals surface area contributed by atoms with Crippen LogP contribution in [-0.2, 0) is 0 Å². The number of benzene rings is 1. The number of nitrogens with zero attached hydrogens (tertiary/aromatic N) is 2. The van der Waals surface area contributed by atoms with Crippen molar-refractivity contribution in [2.45, 2.75) is 18.9 Å². The van der Waals surface area contributed by atoms with Crippen LogP contribution >= 0.6 is 11.6 Å². The van der Waals surface area contributed by atoms with Crippen molar-refractivity contribution >= 4 is 23.1 Å². The summed E-state index contributed by atoms with van der Waals surface area (Å²) in [4.78, 5) is 2.01. The fourth-order valence-corrected chi connectivity index (χ4v) is 2.38. The quantitative estimate of drug-likeness (QED) is 0.328. The van der Waals surface area contributed by atoms with Crippen molar-refractivity contribution in [3.63, 3.8) is 0 Å². The first-order valence-corrected chi connectivity index (χ1v) is 6.20. The van der Waals surface area contributed by atoms with Crippen LogP contribution in [-0.4, -0.2) is 35.3 Å². The number of halogens is 1. The average Bonchev–Trinajstić information content (AvgIpc) is 2.38. The van der Waals surface area contributed by atoms with E-state index in [9.17, 15) is 5.11 Å². The first kappa shape index (κ1) is 13.0. The molecule has 6 heteroatoms. The van der Waals surface area contributed by atoms with E-state index in [0.717, 1.165) is 25.1 Å². The largest absolute Gasteiger partial charge is 0.409 e. The van der Waals surface area contributed by atoms with Gasteiger partial charge in [0.15, 0.2) is 5.84 Å². The van der Waals surface area contributed by atoms with E-state index in [1.54, 1.807) is 18.2 Å². The molecule has 1 atom stereocenters. The average molecular weight is 270 g/mol. The van der Waals surface area contributed by atoms with Gasteiger partial charge in [0.2, 0.25) is 0 Å². The van der Waals surface area contributed by atoms with Gasteiger partial charge in [-0.25, -0.2) is 0 Å². The van der Waals surface area contributed by atoms with Gasteiger partial charge in [0.25, 0.3) is 0 Å². The number of rotatable bonds is 2. The number of oxime groups is 1. The van der Waals surface area contributed by atoms with E-state index in [1.165, 1.54) is 0 Å². The van der Waals surface area contributed by atoms with Gasteiger partial charge < -0.3 is 20.9 Å². The predicted octanol–water partition coefficient (Wildman–Crippen LogP) is 1.40. The van der Waals surface area contributed by atoms with Gasteiger partial charge in [-0.2, -0.15) is 0 Å². The monoisotopic (exact) mass is 269 g/mol. The Labute approximate surface area is 110 Å². The molecule has 1 fully saturated rings. The van der Waals surface area contributed by atoms with Gasteiger partial charge in [-0.15, -0.1) is 0 Å². The van der Waals surface area contributed by atoms with E-state index < -0.39 is 0 Å². The zero-order valence-electron chi connectivity index (χ0n) is 9.88. The first-order chi connectivity index (χ1) is 8.61. The number of anilines is 1. The molecule has 1 saturated heterocycles. The Kier molecular flexibility index (Phi) is 3.93. The molecule has 0 saturated carbocycles. The number of aliphatic hydroxyl groups excluding tert-OH is 1. The number of hydrogen-bond acceptors (Lipinski definition) is 4. The Balaban J connectivity index is 2.38. The molecular weight excluding hydrogens is 254 g/mol. The summed E-state index contributed by atoms with van der Waals surface area (Å²) in [5.74, 6) is 0.0433. The molecule has 1 aliphatic heterocycles. The molecule has 1 unspecified atom stereocenters. The molecule has 5 nitrogen and oxygen atoms in total. The van der Waals surface area contributed by atoms with Gasteiger partial charge in [0.05, 0.1) is 6.10 Å². The second kappa shape index (κ2) is 5.46. The minimum Gasteiger partial charge on any atom is -0.409 e. The number of amidine groups is 1. The third kappa shape index (κ3) is 2.68. The van der Waals surface area contributed by atoms with Gasteiger partial charge in [0.1, 0.15) is 0 Å². The van der Waals surface area contributed by atoms with Gasteiger partial charge >= 0.3 is 0 Å². The Bertz CT molecular complexity index is 465. The maximum Gasteiger partial charge on any atom is 0.172 e. The fraction of sp³-hybridized carbons (Fsp3) is 0.417.